The summed E-state index contributed by atoms with van der Waals surface area (Å²) in [5.41, 5.74) is -0.676. The van der Waals surface area contributed by atoms with E-state index in [-0.39, 0.29) is 11.9 Å². The topological polar surface area (TPSA) is 43.2 Å². The highest BCUT2D eigenvalue weighted by Crippen LogP contribution is 2.32. The van der Waals surface area contributed by atoms with Gasteiger partial charge in [0.15, 0.2) is 0 Å². The molecule has 0 N–H and O–H groups in total. The highest BCUT2D eigenvalue weighted by atomic mass is 19.4. The molecule has 1 aromatic heterocycles. The number of halogens is 3. The number of piperidine rings is 1. The number of nitrogens with zero attached hydrogens (tertiary/aromatic N) is 4. The zero-order chi connectivity index (χ0) is 17.0. The van der Waals surface area contributed by atoms with Gasteiger partial charge in [0.25, 0.3) is 0 Å². The monoisotopic (exact) mass is 340 g/mol. The van der Waals surface area contributed by atoms with E-state index in [4.69, 9.17) is 4.74 Å². The van der Waals surface area contributed by atoms with Crippen LogP contribution >= 0.6 is 0 Å². The predicted molar refractivity (Wildman–Crippen MR) is 81.6 cm³/mol. The predicted octanol–water partition coefficient (Wildman–Crippen LogP) is 2.84. The van der Waals surface area contributed by atoms with Gasteiger partial charge in [-0.1, -0.05) is 6.07 Å². The smallest absolute Gasteiger partial charge is 0.416 e. The first-order valence-electron chi connectivity index (χ1n) is 7.89. The summed E-state index contributed by atoms with van der Waals surface area (Å²) in [5.74, 6) is 0.283. The summed E-state index contributed by atoms with van der Waals surface area (Å²) in [6.45, 7) is 3.37. The Balaban J connectivity index is 1.47. The Bertz CT molecular complexity index is 637. The minimum atomic E-state index is -4.34. The molecule has 0 unspecified atom stereocenters. The largest absolute Gasteiger partial charge is 0.490 e. The summed E-state index contributed by atoms with van der Waals surface area (Å²) in [6.07, 6.45) is 0.403. The van der Waals surface area contributed by atoms with Gasteiger partial charge in [0.1, 0.15) is 24.5 Å². The van der Waals surface area contributed by atoms with Gasteiger partial charge < -0.3 is 9.64 Å². The van der Waals surface area contributed by atoms with Gasteiger partial charge >= 0.3 is 6.18 Å². The molecule has 2 aromatic rings. The maximum Gasteiger partial charge on any atom is 0.416 e. The van der Waals surface area contributed by atoms with E-state index in [0.717, 1.165) is 51.2 Å². The highest BCUT2D eigenvalue weighted by molar-refractivity contribution is 5.30. The average Bonchev–Trinajstić information content (AvgIpc) is 3.07. The Morgan fingerprint density at radius 3 is 2.62 bits per heavy atom. The van der Waals surface area contributed by atoms with Crippen molar-refractivity contribution in [2.45, 2.75) is 31.7 Å². The van der Waals surface area contributed by atoms with Gasteiger partial charge in [-0.25, -0.2) is 4.98 Å². The molecule has 0 saturated carbocycles. The summed E-state index contributed by atoms with van der Waals surface area (Å²) >= 11 is 0. The van der Waals surface area contributed by atoms with Crippen molar-refractivity contribution in [3.63, 3.8) is 0 Å². The Labute approximate surface area is 138 Å². The zero-order valence-electron chi connectivity index (χ0n) is 13.1. The van der Waals surface area contributed by atoms with Crippen LogP contribution in [0.25, 0.3) is 0 Å². The third-order valence-electron chi connectivity index (χ3n) is 4.11. The lowest BCUT2D eigenvalue weighted by molar-refractivity contribution is -0.137. The SMILES string of the molecule is FC(F)(F)c1cccc(OC2CCN(CCn3cncn3)CC2)c1. The molecule has 0 amide bonds. The van der Waals surface area contributed by atoms with E-state index < -0.39 is 11.7 Å². The molecular formula is C16H19F3N4O. The van der Waals surface area contributed by atoms with E-state index in [0.29, 0.717) is 0 Å². The lowest BCUT2D eigenvalue weighted by atomic mass is 10.1. The zero-order valence-corrected chi connectivity index (χ0v) is 13.1. The maximum atomic E-state index is 12.7. The molecular weight excluding hydrogens is 321 g/mol. The van der Waals surface area contributed by atoms with E-state index in [2.05, 4.69) is 15.0 Å². The summed E-state index contributed by atoms with van der Waals surface area (Å²) in [6, 6.07) is 5.08. The van der Waals surface area contributed by atoms with Crippen LogP contribution in [0.2, 0.25) is 0 Å². The van der Waals surface area contributed by atoms with Crippen LogP contribution in [-0.4, -0.2) is 45.4 Å². The number of likely N-dealkylation sites (tertiary alicyclic amines) is 1. The van der Waals surface area contributed by atoms with Gasteiger partial charge in [-0.2, -0.15) is 18.3 Å². The van der Waals surface area contributed by atoms with Crippen LogP contribution in [-0.2, 0) is 12.7 Å². The van der Waals surface area contributed by atoms with E-state index >= 15 is 0 Å². The number of hydrogen-bond acceptors (Lipinski definition) is 4. The molecule has 130 valence electrons. The fourth-order valence-corrected chi connectivity index (χ4v) is 2.78. The van der Waals surface area contributed by atoms with Crippen LogP contribution in [0.3, 0.4) is 0 Å². The van der Waals surface area contributed by atoms with Crippen LogP contribution in [0.4, 0.5) is 13.2 Å². The van der Waals surface area contributed by atoms with Crippen molar-refractivity contribution in [3.8, 4) is 5.75 Å². The third kappa shape index (κ3) is 4.47. The molecule has 2 heterocycles. The quantitative estimate of drug-likeness (QED) is 0.839. The second kappa shape index (κ2) is 7.21. The van der Waals surface area contributed by atoms with Gasteiger partial charge in [0.05, 0.1) is 12.1 Å². The van der Waals surface area contributed by atoms with Crippen LogP contribution in [0.1, 0.15) is 18.4 Å². The minimum absolute atomic E-state index is 0.0453. The second-order valence-corrected chi connectivity index (χ2v) is 5.84. The minimum Gasteiger partial charge on any atom is -0.490 e. The molecule has 5 nitrogen and oxygen atoms in total. The Kier molecular flexibility index (Phi) is 5.03. The van der Waals surface area contributed by atoms with Crippen LogP contribution < -0.4 is 4.74 Å². The fraction of sp³-hybridized carbons (Fsp3) is 0.500. The van der Waals surface area contributed by atoms with Crippen molar-refractivity contribution in [1.29, 1.82) is 0 Å². The van der Waals surface area contributed by atoms with Gasteiger partial charge in [-0.3, -0.25) is 4.68 Å². The van der Waals surface area contributed by atoms with E-state index in [9.17, 15) is 13.2 Å². The molecule has 1 fully saturated rings. The molecule has 0 atom stereocenters. The number of ether oxygens (including phenoxy) is 1. The van der Waals surface area contributed by atoms with Gasteiger partial charge in [0, 0.05) is 19.6 Å². The number of hydrogen-bond donors (Lipinski definition) is 0. The van der Waals surface area contributed by atoms with Crippen molar-refractivity contribution in [2.24, 2.45) is 0 Å². The molecule has 0 radical (unpaired) electrons. The van der Waals surface area contributed by atoms with Crippen molar-refractivity contribution < 1.29 is 17.9 Å². The first kappa shape index (κ1) is 16.8. The number of rotatable bonds is 5. The average molecular weight is 340 g/mol. The van der Waals surface area contributed by atoms with E-state index in [1.54, 1.807) is 17.1 Å². The van der Waals surface area contributed by atoms with Crippen LogP contribution in [0.5, 0.6) is 5.75 Å². The maximum absolute atomic E-state index is 12.7. The molecule has 0 bridgehead atoms. The van der Waals surface area contributed by atoms with Crippen molar-refractivity contribution in [1.82, 2.24) is 19.7 Å². The van der Waals surface area contributed by atoms with Crippen LogP contribution in [0, 0.1) is 0 Å². The fourth-order valence-electron chi connectivity index (χ4n) is 2.78. The van der Waals surface area contributed by atoms with E-state index in [1.165, 1.54) is 12.4 Å². The van der Waals surface area contributed by atoms with E-state index in [1.807, 2.05) is 0 Å². The molecule has 1 saturated heterocycles. The summed E-state index contributed by atoms with van der Waals surface area (Å²) in [7, 11) is 0. The van der Waals surface area contributed by atoms with Gasteiger partial charge in [-0.05, 0) is 31.0 Å². The molecule has 1 aromatic carbocycles. The highest BCUT2D eigenvalue weighted by Gasteiger charge is 2.31. The van der Waals surface area contributed by atoms with Gasteiger partial charge in [-0.15, -0.1) is 0 Å². The molecule has 1 aliphatic rings. The van der Waals surface area contributed by atoms with Gasteiger partial charge in [0.2, 0.25) is 0 Å². The standard InChI is InChI=1S/C16H19F3N4O/c17-16(18,19)13-2-1-3-15(10-13)24-14-4-6-22(7-5-14)8-9-23-12-20-11-21-23/h1-3,10-12,14H,4-9H2. The second-order valence-electron chi connectivity index (χ2n) is 5.84. The Morgan fingerprint density at radius 2 is 1.96 bits per heavy atom. The number of aromatic nitrogens is 3. The summed E-state index contributed by atoms with van der Waals surface area (Å²) in [5, 5.41) is 4.06. The molecule has 0 spiro atoms. The third-order valence-corrected chi connectivity index (χ3v) is 4.11. The first-order chi connectivity index (χ1) is 11.5. The Morgan fingerprint density at radius 1 is 1.17 bits per heavy atom. The van der Waals surface area contributed by atoms with Crippen molar-refractivity contribution >= 4 is 0 Å². The normalized spacial score (nSPS) is 17.1. The molecule has 3 rings (SSSR count). The summed E-state index contributed by atoms with van der Waals surface area (Å²) in [4.78, 5) is 6.20. The number of benzene rings is 1. The molecule has 1 aliphatic heterocycles. The summed E-state index contributed by atoms with van der Waals surface area (Å²) < 4.78 is 45.7. The number of alkyl halides is 3. The van der Waals surface area contributed by atoms with Crippen LogP contribution in [0.15, 0.2) is 36.9 Å². The van der Waals surface area contributed by atoms with Crippen molar-refractivity contribution in [2.75, 3.05) is 19.6 Å². The van der Waals surface area contributed by atoms with Crippen molar-refractivity contribution in [3.05, 3.63) is 42.5 Å². The lowest BCUT2D eigenvalue weighted by Gasteiger charge is -2.32. The Hall–Kier alpha value is -2.09. The first-order valence-corrected chi connectivity index (χ1v) is 7.89. The molecule has 0 aliphatic carbocycles. The molecule has 8 heteroatoms. The molecule has 24 heavy (non-hydrogen) atoms. The lowest BCUT2D eigenvalue weighted by Crippen LogP contribution is -2.39.